The van der Waals surface area contributed by atoms with Gasteiger partial charge in [0.15, 0.2) is 6.61 Å². The Labute approximate surface area is 139 Å². The monoisotopic (exact) mass is 320 g/mol. The van der Waals surface area contributed by atoms with Gasteiger partial charge >= 0.3 is 0 Å². The van der Waals surface area contributed by atoms with Crippen LogP contribution in [0.2, 0.25) is 0 Å². The van der Waals surface area contributed by atoms with E-state index in [1.807, 2.05) is 12.1 Å². The maximum Gasteiger partial charge on any atom is 0.258 e. The zero-order valence-corrected chi connectivity index (χ0v) is 14.4. The van der Waals surface area contributed by atoms with E-state index in [-0.39, 0.29) is 18.1 Å². The summed E-state index contributed by atoms with van der Waals surface area (Å²) in [6.07, 6.45) is 6.04. The van der Waals surface area contributed by atoms with Gasteiger partial charge in [-0.1, -0.05) is 19.3 Å². The molecule has 0 aromatic heterocycles. The lowest BCUT2D eigenvalue weighted by atomic mass is 9.80. The van der Waals surface area contributed by atoms with Crippen molar-refractivity contribution in [1.82, 2.24) is 10.2 Å². The molecule has 1 aromatic rings. The lowest BCUT2D eigenvalue weighted by molar-refractivity contribution is -0.123. The van der Waals surface area contributed by atoms with Crippen LogP contribution in [-0.4, -0.2) is 50.7 Å². The second kappa shape index (κ2) is 8.20. The van der Waals surface area contributed by atoms with E-state index in [1.165, 1.54) is 19.3 Å². The van der Waals surface area contributed by atoms with Crippen molar-refractivity contribution in [3.05, 3.63) is 24.3 Å². The van der Waals surface area contributed by atoms with Gasteiger partial charge in [-0.05, 0) is 51.2 Å². The second-order valence-corrected chi connectivity index (χ2v) is 6.42. The fourth-order valence-electron chi connectivity index (χ4n) is 3.13. The molecule has 0 bridgehead atoms. The third-order valence-corrected chi connectivity index (χ3v) is 4.78. The summed E-state index contributed by atoms with van der Waals surface area (Å²) in [5.41, 5.74) is 0.0913. The van der Waals surface area contributed by atoms with E-state index in [0.29, 0.717) is 12.3 Å². The molecule has 0 heterocycles. The highest BCUT2D eigenvalue weighted by Gasteiger charge is 2.34. The molecule has 1 aliphatic carbocycles. The summed E-state index contributed by atoms with van der Waals surface area (Å²) in [6, 6.07) is 7.23. The molecule has 5 heteroatoms. The summed E-state index contributed by atoms with van der Waals surface area (Å²) in [5, 5.41) is 3.04. The molecule has 0 saturated heterocycles. The van der Waals surface area contributed by atoms with Crippen LogP contribution in [0, 0.1) is 0 Å². The number of amides is 1. The number of ether oxygens (including phenoxy) is 2. The van der Waals surface area contributed by atoms with Crippen LogP contribution < -0.4 is 14.8 Å². The minimum Gasteiger partial charge on any atom is -0.497 e. The van der Waals surface area contributed by atoms with Crippen molar-refractivity contribution < 1.29 is 14.3 Å². The van der Waals surface area contributed by atoms with Crippen LogP contribution >= 0.6 is 0 Å². The largest absolute Gasteiger partial charge is 0.497 e. The average Bonchev–Trinajstić information content (AvgIpc) is 2.59. The maximum atomic E-state index is 12.1. The Morgan fingerprint density at radius 1 is 1.13 bits per heavy atom. The zero-order chi connectivity index (χ0) is 16.7. The van der Waals surface area contributed by atoms with Gasteiger partial charge in [-0.3, -0.25) is 4.79 Å². The number of likely N-dealkylation sites (N-methyl/N-ethyl adjacent to an activating group) is 1. The SMILES string of the molecule is COc1ccc(OCC(=O)NCC2(N(C)C)CCCCC2)cc1. The Balaban J connectivity index is 1.79. The van der Waals surface area contributed by atoms with Crippen molar-refractivity contribution >= 4 is 5.91 Å². The predicted molar refractivity (Wildman–Crippen MR) is 91.0 cm³/mol. The van der Waals surface area contributed by atoms with Gasteiger partial charge in [0.25, 0.3) is 5.91 Å². The number of hydrogen-bond donors (Lipinski definition) is 1. The predicted octanol–water partition coefficient (Wildman–Crippen LogP) is 2.45. The van der Waals surface area contributed by atoms with Crippen LogP contribution in [0.1, 0.15) is 32.1 Å². The Hall–Kier alpha value is -1.75. The lowest BCUT2D eigenvalue weighted by Crippen LogP contribution is -2.54. The lowest BCUT2D eigenvalue weighted by Gasteiger charge is -2.43. The number of hydrogen-bond acceptors (Lipinski definition) is 4. The minimum atomic E-state index is -0.0763. The molecule has 23 heavy (non-hydrogen) atoms. The van der Waals surface area contributed by atoms with Crippen LogP contribution in [0.15, 0.2) is 24.3 Å². The van der Waals surface area contributed by atoms with Crippen LogP contribution in [-0.2, 0) is 4.79 Å². The number of rotatable bonds is 7. The van der Waals surface area contributed by atoms with Gasteiger partial charge in [0.05, 0.1) is 7.11 Å². The van der Waals surface area contributed by atoms with E-state index >= 15 is 0 Å². The molecule has 1 aliphatic rings. The Morgan fingerprint density at radius 3 is 2.30 bits per heavy atom. The smallest absolute Gasteiger partial charge is 0.258 e. The maximum absolute atomic E-state index is 12.1. The van der Waals surface area contributed by atoms with Crippen molar-refractivity contribution in [2.75, 3.05) is 34.4 Å². The first-order valence-electron chi connectivity index (χ1n) is 8.27. The van der Waals surface area contributed by atoms with Crippen LogP contribution in [0.25, 0.3) is 0 Å². The van der Waals surface area contributed by atoms with Crippen molar-refractivity contribution in [2.45, 2.75) is 37.6 Å². The van der Waals surface area contributed by atoms with Crippen LogP contribution in [0.5, 0.6) is 11.5 Å². The summed E-state index contributed by atoms with van der Waals surface area (Å²) >= 11 is 0. The van der Waals surface area contributed by atoms with Crippen LogP contribution in [0.4, 0.5) is 0 Å². The number of carbonyl (C=O) groups is 1. The number of carbonyl (C=O) groups excluding carboxylic acids is 1. The summed E-state index contributed by atoms with van der Waals surface area (Å²) in [6.45, 7) is 0.723. The van der Waals surface area contributed by atoms with E-state index in [9.17, 15) is 4.79 Å². The molecule has 0 atom stereocenters. The molecule has 1 aromatic carbocycles. The number of nitrogens with zero attached hydrogens (tertiary/aromatic N) is 1. The van der Waals surface area contributed by atoms with Crippen molar-refractivity contribution in [3.63, 3.8) is 0 Å². The molecule has 128 valence electrons. The van der Waals surface area contributed by atoms with E-state index < -0.39 is 0 Å². The van der Waals surface area contributed by atoms with Crippen molar-refractivity contribution in [3.8, 4) is 11.5 Å². The highest BCUT2D eigenvalue weighted by Crippen LogP contribution is 2.31. The molecule has 0 unspecified atom stereocenters. The normalized spacial score (nSPS) is 16.9. The second-order valence-electron chi connectivity index (χ2n) is 6.42. The van der Waals surface area contributed by atoms with E-state index in [1.54, 1.807) is 19.2 Å². The summed E-state index contributed by atoms with van der Waals surface area (Å²) in [7, 11) is 5.83. The molecule has 1 fully saturated rings. The standard InChI is InChI=1S/C18H28N2O3/c1-20(2)18(11-5-4-6-12-18)14-19-17(21)13-23-16-9-7-15(22-3)8-10-16/h7-10H,4-6,11-14H2,1-3H3,(H,19,21). The molecule has 5 nitrogen and oxygen atoms in total. The topological polar surface area (TPSA) is 50.8 Å². The molecular formula is C18H28N2O3. The van der Waals surface area contributed by atoms with Crippen LogP contribution in [0.3, 0.4) is 0 Å². The van der Waals surface area contributed by atoms with Gasteiger partial charge in [-0.2, -0.15) is 0 Å². The molecule has 1 amide bonds. The zero-order valence-electron chi connectivity index (χ0n) is 14.4. The molecule has 0 spiro atoms. The van der Waals surface area contributed by atoms with Gasteiger partial charge in [0, 0.05) is 12.1 Å². The van der Waals surface area contributed by atoms with Gasteiger partial charge < -0.3 is 19.7 Å². The molecule has 0 radical (unpaired) electrons. The first-order chi connectivity index (χ1) is 11.1. The summed E-state index contributed by atoms with van der Waals surface area (Å²) in [5.74, 6) is 1.36. The number of nitrogens with one attached hydrogen (secondary N) is 1. The van der Waals surface area contributed by atoms with E-state index in [0.717, 1.165) is 18.6 Å². The fraction of sp³-hybridized carbons (Fsp3) is 0.611. The third kappa shape index (κ3) is 4.86. The minimum absolute atomic E-state index is 0.0375. The quantitative estimate of drug-likeness (QED) is 0.838. The van der Waals surface area contributed by atoms with Gasteiger partial charge in [-0.15, -0.1) is 0 Å². The number of benzene rings is 1. The first kappa shape index (κ1) is 17.6. The third-order valence-electron chi connectivity index (χ3n) is 4.78. The van der Waals surface area contributed by atoms with E-state index in [2.05, 4.69) is 24.3 Å². The Kier molecular flexibility index (Phi) is 6.28. The van der Waals surface area contributed by atoms with Gasteiger partial charge in [0.1, 0.15) is 11.5 Å². The Bertz CT molecular complexity index is 493. The summed E-state index contributed by atoms with van der Waals surface area (Å²) < 4.78 is 10.6. The molecule has 1 saturated carbocycles. The molecular weight excluding hydrogens is 292 g/mol. The van der Waals surface area contributed by atoms with Gasteiger partial charge in [0.2, 0.25) is 0 Å². The van der Waals surface area contributed by atoms with Crippen molar-refractivity contribution in [1.29, 1.82) is 0 Å². The highest BCUT2D eigenvalue weighted by atomic mass is 16.5. The average molecular weight is 320 g/mol. The van der Waals surface area contributed by atoms with E-state index in [4.69, 9.17) is 9.47 Å². The highest BCUT2D eigenvalue weighted by molar-refractivity contribution is 5.77. The molecule has 2 rings (SSSR count). The van der Waals surface area contributed by atoms with Gasteiger partial charge in [-0.25, -0.2) is 0 Å². The number of methoxy groups -OCH3 is 1. The van der Waals surface area contributed by atoms with Crippen molar-refractivity contribution in [2.24, 2.45) is 0 Å². The first-order valence-corrected chi connectivity index (χ1v) is 8.27. The summed E-state index contributed by atoms with van der Waals surface area (Å²) in [4.78, 5) is 14.3. The fourth-order valence-corrected chi connectivity index (χ4v) is 3.13. The molecule has 0 aliphatic heterocycles. The Morgan fingerprint density at radius 2 is 1.74 bits per heavy atom. The molecule has 1 N–H and O–H groups in total.